The van der Waals surface area contributed by atoms with Crippen LogP contribution in [0.25, 0.3) is 0 Å². The van der Waals surface area contributed by atoms with Crippen LogP contribution >= 0.6 is 0 Å². The lowest BCUT2D eigenvalue weighted by Crippen LogP contribution is -2.33. The van der Waals surface area contributed by atoms with Gasteiger partial charge in [-0.1, -0.05) is 0 Å². The minimum absolute atomic E-state index is 0.0899. The molecule has 1 rings (SSSR count). The van der Waals surface area contributed by atoms with E-state index >= 15 is 0 Å². The lowest BCUT2D eigenvalue weighted by molar-refractivity contribution is -0.119. The van der Waals surface area contributed by atoms with Gasteiger partial charge < -0.3 is 16.0 Å². The van der Waals surface area contributed by atoms with E-state index in [2.05, 4.69) is 15.3 Å². The third-order valence-electron chi connectivity index (χ3n) is 1.66. The molecule has 0 unspecified atom stereocenters. The smallest absolute Gasteiger partial charge is 0.239 e. The first kappa shape index (κ1) is 10.2. The quantitative estimate of drug-likeness (QED) is 0.662. The van der Waals surface area contributed by atoms with Crippen LogP contribution in [0.3, 0.4) is 0 Å². The Balaban J connectivity index is 2.65. The first-order valence-corrected chi connectivity index (χ1v) is 4.12. The number of nitrogens with one attached hydrogen (secondary N) is 1. The van der Waals surface area contributed by atoms with Gasteiger partial charge in [-0.3, -0.25) is 4.79 Å². The maximum absolute atomic E-state index is 11.0. The summed E-state index contributed by atoms with van der Waals surface area (Å²) >= 11 is 0. The topological polar surface area (TPSA) is 84.1 Å². The van der Waals surface area contributed by atoms with E-state index in [1.807, 2.05) is 0 Å². The molecular formula is C8H13N5O. The van der Waals surface area contributed by atoms with Gasteiger partial charge in [-0.15, -0.1) is 0 Å². The van der Waals surface area contributed by atoms with Crippen LogP contribution in [0.1, 0.15) is 0 Å². The third kappa shape index (κ3) is 2.58. The minimum atomic E-state index is -0.0899. The van der Waals surface area contributed by atoms with Gasteiger partial charge in [0.2, 0.25) is 11.9 Å². The zero-order valence-electron chi connectivity index (χ0n) is 8.19. The molecule has 0 aliphatic rings. The Morgan fingerprint density at radius 2 is 2.14 bits per heavy atom. The van der Waals surface area contributed by atoms with Gasteiger partial charge in [-0.05, 0) is 0 Å². The average Bonchev–Trinajstić information content (AvgIpc) is 2.18. The maximum Gasteiger partial charge on any atom is 0.239 e. The predicted octanol–water partition coefficient (Wildman–Crippen LogP) is -0.759. The van der Waals surface area contributed by atoms with Crippen LogP contribution in [0, 0.1) is 0 Å². The van der Waals surface area contributed by atoms with Gasteiger partial charge in [0.25, 0.3) is 0 Å². The highest BCUT2D eigenvalue weighted by Gasteiger charge is 2.07. The summed E-state index contributed by atoms with van der Waals surface area (Å²) in [5.41, 5.74) is 5.93. The Kier molecular flexibility index (Phi) is 3.22. The molecular weight excluding hydrogens is 182 g/mol. The summed E-state index contributed by atoms with van der Waals surface area (Å²) in [6.07, 6.45) is 3.01. The van der Waals surface area contributed by atoms with Gasteiger partial charge in [0.05, 0.1) is 24.6 Å². The molecule has 14 heavy (non-hydrogen) atoms. The van der Waals surface area contributed by atoms with Crippen molar-refractivity contribution in [2.45, 2.75) is 0 Å². The molecule has 1 amide bonds. The van der Waals surface area contributed by atoms with Crippen molar-refractivity contribution in [2.75, 3.05) is 31.3 Å². The largest absolute Gasteiger partial charge is 0.396 e. The monoisotopic (exact) mass is 195 g/mol. The molecule has 3 N–H and O–H groups in total. The van der Waals surface area contributed by atoms with Crippen LogP contribution in [0.4, 0.5) is 11.6 Å². The number of carbonyl (C=O) groups excluding carboxylic acids is 1. The van der Waals surface area contributed by atoms with Crippen molar-refractivity contribution in [1.82, 2.24) is 15.3 Å². The number of hydrogen-bond acceptors (Lipinski definition) is 5. The van der Waals surface area contributed by atoms with Gasteiger partial charge in [0.1, 0.15) is 0 Å². The van der Waals surface area contributed by atoms with E-state index in [0.29, 0.717) is 11.6 Å². The predicted molar refractivity (Wildman–Crippen MR) is 53.8 cm³/mol. The number of rotatable bonds is 3. The van der Waals surface area contributed by atoms with Gasteiger partial charge in [-0.25, -0.2) is 9.97 Å². The van der Waals surface area contributed by atoms with Crippen LogP contribution < -0.4 is 16.0 Å². The summed E-state index contributed by atoms with van der Waals surface area (Å²) in [6, 6.07) is 0. The van der Waals surface area contributed by atoms with Crippen molar-refractivity contribution < 1.29 is 4.79 Å². The number of carbonyl (C=O) groups is 1. The van der Waals surface area contributed by atoms with Crippen LogP contribution in [-0.4, -0.2) is 36.5 Å². The summed E-state index contributed by atoms with van der Waals surface area (Å²) in [6.45, 7) is 0.223. The summed E-state index contributed by atoms with van der Waals surface area (Å²) in [4.78, 5) is 20.6. The van der Waals surface area contributed by atoms with E-state index < -0.39 is 0 Å². The van der Waals surface area contributed by atoms with Crippen LogP contribution in [-0.2, 0) is 4.79 Å². The maximum atomic E-state index is 11.0. The summed E-state index contributed by atoms with van der Waals surface area (Å²) in [5.74, 6) is 0.385. The Morgan fingerprint density at radius 1 is 1.57 bits per heavy atom. The summed E-state index contributed by atoms with van der Waals surface area (Å²) < 4.78 is 0. The van der Waals surface area contributed by atoms with E-state index in [1.54, 1.807) is 19.0 Å². The fourth-order valence-electron chi connectivity index (χ4n) is 0.894. The zero-order valence-corrected chi connectivity index (χ0v) is 8.19. The highest BCUT2D eigenvalue weighted by atomic mass is 16.1. The second-order valence-corrected chi connectivity index (χ2v) is 2.85. The first-order chi connectivity index (χ1) is 6.63. The minimum Gasteiger partial charge on any atom is -0.396 e. The van der Waals surface area contributed by atoms with Crippen LogP contribution in [0.15, 0.2) is 12.4 Å². The number of anilines is 2. The molecule has 0 saturated carbocycles. The van der Waals surface area contributed by atoms with Gasteiger partial charge in [-0.2, -0.15) is 0 Å². The number of aromatic nitrogens is 2. The number of nitrogen functional groups attached to an aromatic ring is 1. The molecule has 1 aromatic rings. The molecule has 0 atom stereocenters. The molecule has 0 radical (unpaired) electrons. The molecule has 0 aliphatic heterocycles. The second-order valence-electron chi connectivity index (χ2n) is 2.85. The molecule has 0 saturated heterocycles. The number of nitrogens with two attached hydrogens (primary N) is 1. The summed E-state index contributed by atoms with van der Waals surface area (Å²) in [7, 11) is 3.32. The Hall–Kier alpha value is -1.85. The molecule has 76 valence electrons. The summed E-state index contributed by atoms with van der Waals surface area (Å²) in [5, 5.41) is 2.52. The van der Waals surface area contributed by atoms with Crippen molar-refractivity contribution in [3.63, 3.8) is 0 Å². The molecule has 1 aromatic heterocycles. The molecule has 0 aromatic carbocycles. The Morgan fingerprint density at radius 3 is 2.64 bits per heavy atom. The lowest BCUT2D eigenvalue weighted by atomic mass is 10.5. The average molecular weight is 195 g/mol. The Labute approximate surface area is 82.1 Å². The van der Waals surface area contributed by atoms with Crippen molar-refractivity contribution >= 4 is 17.5 Å². The lowest BCUT2D eigenvalue weighted by Gasteiger charge is -2.15. The molecule has 0 spiro atoms. The molecule has 0 bridgehead atoms. The highest BCUT2D eigenvalue weighted by molar-refractivity contribution is 5.80. The number of likely N-dealkylation sites (N-methyl/N-ethyl adjacent to an activating group) is 2. The van der Waals surface area contributed by atoms with Crippen molar-refractivity contribution in [2.24, 2.45) is 0 Å². The standard InChI is InChI=1S/C8H13N5O/c1-10-7(14)5-13(2)8-11-3-6(9)4-12-8/h3-4H,5,9H2,1-2H3,(H,10,14). The fourth-order valence-corrected chi connectivity index (χ4v) is 0.894. The molecule has 6 heteroatoms. The highest BCUT2D eigenvalue weighted by Crippen LogP contribution is 2.04. The molecule has 1 heterocycles. The van der Waals surface area contributed by atoms with Gasteiger partial charge in [0.15, 0.2) is 0 Å². The van der Waals surface area contributed by atoms with Gasteiger partial charge in [0, 0.05) is 14.1 Å². The van der Waals surface area contributed by atoms with Crippen LogP contribution in [0.2, 0.25) is 0 Å². The SMILES string of the molecule is CNC(=O)CN(C)c1ncc(N)cn1. The van der Waals surface area contributed by atoms with Crippen molar-refractivity contribution in [3.8, 4) is 0 Å². The van der Waals surface area contributed by atoms with E-state index in [4.69, 9.17) is 5.73 Å². The zero-order chi connectivity index (χ0) is 10.6. The van der Waals surface area contributed by atoms with E-state index in [-0.39, 0.29) is 12.5 Å². The van der Waals surface area contributed by atoms with Crippen molar-refractivity contribution in [1.29, 1.82) is 0 Å². The second kappa shape index (κ2) is 4.40. The van der Waals surface area contributed by atoms with Crippen molar-refractivity contribution in [3.05, 3.63) is 12.4 Å². The first-order valence-electron chi connectivity index (χ1n) is 4.12. The fraction of sp³-hybridized carbons (Fsp3) is 0.375. The number of nitrogens with zero attached hydrogens (tertiary/aromatic N) is 3. The molecule has 0 aliphatic carbocycles. The Bertz CT molecular complexity index is 310. The van der Waals surface area contributed by atoms with Crippen LogP contribution in [0.5, 0.6) is 0 Å². The van der Waals surface area contributed by atoms with E-state index in [1.165, 1.54) is 12.4 Å². The number of hydrogen-bond donors (Lipinski definition) is 2. The molecule has 6 nitrogen and oxygen atoms in total. The molecule has 0 fully saturated rings. The number of amides is 1. The van der Waals surface area contributed by atoms with E-state index in [9.17, 15) is 4.79 Å². The third-order valence-corrected chi connectivity index (χ3v) is 1.66. The van der Waals surface area contributed by atoms with Gasteiger partial charge >= 0.3 is 0 Å². The van der Waals surface area contributed by atoms with E-state index in [0.717, 1.165) is 0 Å². The normalized spacial score (nSPS) is 9.57.